The molecule has 11 heteroatoms. The number of aliphatic hydroxyl groups is 1. The van der Waals surface area contributed by atoms with Gasteiger partial charge in [-0.15, -0.1) is 0 Å². The fourth-order valence-electron chi connectivity index (χ4n) is 4.79. The second-order valence-corrected chi connectivity index (χ2v) is 11.2. The molecule has 0 aromatic heterocycles. The number of amides is 3. The lowest BCUT2D eigenvalue weighted by Gasteiger charge is -2.34. The summed E-state index contributed by atoms with van der Waals surface area (Å²) in [6.07, 6.45) is -2.29. The summed E-state index contributed by atoms with van der Waals surface area (Å²) in [5.41, 5.74) is -1.33. The maximum Gasteiger partial charge on any atom is 0.272 e. The van der Waals surface area contributed by atoms with E-state index >= 15 is 8.78 Å². The molecule has 1 unspecified atom stereocenters. The van der Waals surface area contributed by atoms with E-state index in [-0.39, 0.29) is 35.8 Å². The fourth-order valence-corrected chi connectivity index (χ4v) is 4.79. The summed E-state index contributed by atoms with van der Waals surface area (Å²) in [5, 5.41) is 26.4. The van der Waals surface area contributed by atoms with Crippen molar-refractivity contribution in [2.24, 2.45) is 11.3 Å². The highest BCUT2D eigenvalue weighted by molar-refractivity contribution is 5.97. The molecule has 0 radical (unpaired) electrons. The Morgan fingerprint density at radius 3 is 2.40 bits per heavy atom. The minimum absolute atomic E-state index is 0.0236. The van der Waals surface area contributed by atoms with Crippen LogP contribution in [0.1, 0.15) is 49.2 Å². The second-order valence-electron chi connectivity index (χ2n) is 11.2. The minimum Gasteiger partial charge on any atom is -0.508 e. The molecule has 3 rings (SSSR count). The zero-order valence-corrected chi connectivity index (χ0v) is 23.2. The number of aliphatic hydroxyl groups excluding tert-OH is 1. The molecule has 1 saturated heterocycles. The van der Waals surface area contributed by atoms with E-state index in [9.17, 15) is 29.0 Å². The predicted octanol–water partition coefficient (Wildman–Crippen LogP) is 3.19. The predicted molar refractivity (Wildman–Crippen MR) is 142 cm³/mol. The topological polar surface area (TPSA) is 119 Å². The molecule has 2 aromatic rings. The molecule has 2 aromatic carbocycles. The SMILES string of the molecule is Cc1c(O)cccc1C(=O)N[C@@H](Cc1cccc(F)c1)[C@H](O)C(=O)N1CC(F)(F)C(C)(C)C1C(=O)NCC(C)C. The maximum atomic E-state index is 15.1. The van der Waals surface area contributed by atoms with Gasteiger partial charge in [-0.3, -0.25) is 14.4 Å². The average molecular weight is 564 g/mol. The van der Waals surface area contributed by atoms with Gasteiger partial charge in [-0.2, -0.15) is 0 Å². The van der Waals surface area contributed by atoms with Crippen molar-refractivity contribution in [2.45, 2.75) is 65.1 Å². The number of likely N-dealkylation sites (tertiary alicyclic amines) is 1. The van der Waals surface area contributed by atoms with Crippen LogP contribution in [-0.2, 0) is 16.0 Å². The van der Waals surface area contributed by atoms with E-state index in [4.69, 9.17) is 0 Å². The van der Waals surface area contributed by atoms with Crippen molar-refractivity contribution < 1.29 is 37.8 Å². The van der Waals surface area contributed by atoms with Crippen molar-refractivity contribution in [2.75, 3.05) is 13.1 Å². The van der Waals surface area contributed by atoms with E-state index in [1.165, 1.54) is 57.2 Å². The second kappa shape index (κ2) is 11.9. The lowest BCUT2D eigenvalue weighted by Crippen LogP contribution is -2.58. The van der Waals surface area contributed by atoms with Crippen molar-refractivity contribution in [3.05, 3.63) is 65.0 Å². The van der Waals surface area contributed by atoms with E-state index in [1.54, 1.807) is 0 Å². The van der Waals surface area contributed by atoms with E-state index < -0.39 is 59.6 Å². The third-order valence-corrected chi connectivity index (χ3v) is 7.37. The molecule has 1 fully saturated rings. The Morgan fingerprint density at radius 2 is 1.77 bits per heavy atom. The number of rotatable bonds is 9. The van der Waals surface area contributed by atoms with Gasteiger partial charge in [0.25, 0.3) is 17.7 Å². The Labute approximate surface area is 231 Å². The van der Waals surface area contributed by atoms with E-state index in [0.29, 0.717) is 10.5 Å². The summed E-state index contributed by atoms with van der Waals surface area (Å²) in [6.45, 7) is 6.61. The van der Waals surface area contributed by atoms with Crippen LogP contribution in [0.3, 0.4) is 0 Å². The Kier molecular flexibility index (Phi) is 9.18. The van der Waals surface area contributed by atoms with Crippen LogP contribution in [0.25, 0.3) is 0 Å². The number of nitrogens with one attached hydrogen (secondary N) is 2. The highest BCUT2D eigenvalue weighted by Crippen LogP contribution is 2.48. The summed E-state index contributed by atoms with van der Waals surface area (Å²) in [4.78, 5) is 40.5. The normalized spacial score (nSPS) is 19.2. The number of carbonyl (C=O) groups is 3. The quantitative estimate of drug-likeness (QED) is 0.374. The summed E-state index contributed by atoms with van der Waals surface area (Å²) < 4.78 is 44.1. The van der Waals surface area contributed by atoms with Gasteiger partial charge in [-0.05, 0) is 49.1 Å². The lowest BCUT2D eigenvalue weighted by atomic mass is 9.81. The van der Waals surface area contributed by atoms with Crippen LogP contribution < -0.4 is 10.6 Å². The molecule has 218 valence electrons. The molecule has 4 N–H and O–H groups in total. The first-order chi connectivity index (χ1) is 18.6. The van der Waals surface area contributed by atoms with Gasteiger partial charge in [0.2, 0.25) is 5.91 Å². The number of hydrogen-bond acceptors (Lipinski definition) is 5. The first-order valence-electron chi connectivity index (χ1n) is 13.0. The first kappa shape index (κ1) is 30.9. The Balaban J connectivity index is 1.96. The summed E-state index contributed by atoms with van der Waals surface area (Å²) in [5.74, 6) is -6.88. The van der Waals surface area contributed by atoms with Gasteiger partial charge in [0, 0.05) is 17.7 Å². The number of phenolic OH excluding ortho intramolecular Hbond substituents is 1. The summed E-state index contributed by atoms with van der Waals surface area (Å²) in [7, 11) is 0. The third-order valence-electron chi connectivity index (χ3n) is 7.37. The minimum atomic E-state index is -3.46. The van der Waals surface area contributed by atoms with Crippen molar-refractivity contribution in [3.63, 3.8) is 0 Å². The number of halogens is 3. The molecule has 8 nitrogen and oxygen atoms in total. The van der Waals surface area contributed by atoms with Gasteiger partial charge in [0.05, 0.1) is 18.0 Å². The van der Waals surface area contributed by atoms with Crippen molar-refractivity contribution >= 4 is 17.7 Å². The molecule has 0 bridgehead atoms. The molecule has 3 amide bonds. The molecular weight excluding hydrogens is 527 g/mol. The van der Waals surface area contributed by atoms with Gasteiger partial charge >= 0.3 is 0 Å². The van der Waals surface area contributed by atoms with Gasteiger partial charge in [0.1, 0.15) is 17.6 Å². The van der Waals surface area contributed by atoms with Crippen molar-refractivity contribution in [3.8, 4) is 5.75 Å². The largest absolute Gasteiger partial charge is 0.508 e. The molecule has 0 aliphatic carbocycles. The van der Waals surface area contributed by atoms with Gasteiger partial charge in [-0.1, -0.05) is 45.9 Å². The highest BCUT2D eigenvalue weighted by atomic mass is 19.3. The number of benzene rings is 2. The molecule has 0 spiro atoms. The third kappa shape index (κ3) is 6.41. The summed E-state index contributed by atoms with van der Waals surface area (Å²) >= 11 is 0. The number of hydrogen-bond donors (Lipinski definition) is 4. The molecule has 1 heterocycles. The maximum absolute atomic E-state index is 15.1. The van der Waals surface area contributed by atoms with Crippen molar-refractivity contribution in [1.82, 2.24) is 15.5 Å². The molecule has 3 atom stereocenters. The number of aromatic hydroxyl groups is 1. The molecular formula is C29H36F3N3O5. The summed E-state index contributed by atoms with van der Waals surface area (Å²) in [6, 6.07) is 6.56. The zero-order chi connectivity index (χ0) is 30.0. The number of phenols is 1. The molecule has 1 aliphatic rings. The zero-order valence-electron chi connectivity index (χ0n) is 23.2. The number of alkyl halides is 2. The van der Waals surface area contributed by atoms with Crippen LogP contribution in [0.15, 0.2) is 42.5 Å². The van der Waals surface area contributed by atoms with E-state index in [0.717, 1.165) is 6.07 Å². The Morgan fingerprint density at radius 1 is 1.12 bits per heavy atom. The standard InChI is InChI=1S/C29H36F3N3O5/c1-16(2)14-33-26(39)24-28(4,5)29(31,32)15-35(24)27(40)23(37)21(13-18-8-6-9-19(30)12-18)34-25(38)20-10-7-11-22(36)17(20)3/h6-12,16,21,23-24,36-37H,13-15H2,1-5H3,(H,33,39)(H,34,38)/t21-,23-,24?/m0/s1. The van der Waals surface area contributed by atoms with Crippen LogP contribution in [0.5, 0.6) is 5.75 Å². The molecule has 0 saturated carbocycles. The highest BCUT2D eigenvalue weighted by Gasteiger charge is 2.64. The molecule has 1 aliphatic heterocycles. The average Bonchev–Trinajstić information content (AvgIpc) is 3.06. The lowest BCUT2D eigenvalue weighted by molar-refractivity contribution is -0.148. The van der Waals surface area contributed by atoms with Crippen LogP contribution in [0, 0.1) is 24.1 Å². The monoisotopic (exact) mass is 563 g/mol. The first-order valence-corrected chi connectivity index (χ1v) is 13.0. The fraction of sp³-hybridized carbons (Fsp3) is 0.483. The van der Waals surface area contributed by atoms with Crippen LogP contribution in [-0.4, -0.2) is 70.0 Å². The smallest absolute Gasteiger partial charge is 0.272 e. The molecule has 40 heavy (non-hydrogen) atoms. The van der Waals surface area contributed by atoms with Crippen LogP contribution in [0.2, 0.25) is 0 Å². The number of carbonyl (C=O) groups excluding carboxylic acids is 3. The van der Waals surface area contributed by atoms with Gasteiger partial charge in [0.15, 0.2) is 6.10 Å². The van der Waals surface area contributed by atoms with Crippen LogP contribution >= 0.6 is 0 Å². The van der Waals surface area contributed by atoms with Crippen LogP contribution in [0.4, 0.5) is 13.2 Å². The number of nitrogens with zero attached hydrogens (tertiary/aromatic N) is 1. The van der Waals surface area contributed by atoms with Gasteiger partial charge in [-0.25, -0.2) is 13.2 Å². The Bertz CT molecular complexity index is 1270. The van der Waals surface area contributed by atoms with Crippen molar-refractivity contribution in [1.29, 1.82) is 0 Å². The van der Waals surface area contributed by atoms with E-state index in [1.807, 2.05) is 13.8 Å². The Hall–Kier alpha value is -3.60. The van der Waals surface area contributed by atoms with E-state index in [2.05, 4.69) is 10.6 Å². The van der Waals surface area contributed by atoms with Gasteiger partial charge < -0.3 is 25.7 Å².